The highest BCUT2D eigenvalue weighted by Crippen LogP contribution is 2.17. The van der Waals surface area contributed by atoms with Gasteiger partial charge >= 0.3 is 6.09 Å². The molecule has 5 nitrogen and oxygen atoms in total. The van der Waals surface area contributed by atoms with E-state index in [2.05, 4.69) is 5.32 Å². The van der Waals surface area contributed by atoms with Crippen molar-refractivity contribution in [3.8, 4) is 0 Å². The number of carboxylic acid groups (broad SMARTS) is 1. The molecular formula is C8H15NO4. The molecule has 0 aromatic heterocycles. The van der Waals surface area contributed by atoms with E-state index in [1.165, 1.54) is 0 Å². The molecule has 0 radical (unpaired) electrons. The first-order valence-corrected chi connectivity index (χ1v) is 4.41. The van der Waals surface area contributed by atoms with Gasteiger partial charge in [0.05, 0.1) is 12.7 Å². The van der Waals surface area contributed by atoms with Crippen molar-refractivity contribution in [3.63, 3.8) is 0 Å². The SMILES string of the molecule is O=C(O)NCC1CC[C@@H](CO)CO1. The minimum absolute atomic E-state index is 0.0288. The molecule has 0 bridgehead atoms. The predicted octanol–water partition coefficient (Wildman–Crippen LogP) is 0.0415. The first kappa shape index (κ1) is 10.3. The number of rotatable bonds is 3. The topological polar surface area (TPSA) is 78.8 Å². The third-order valence-corrected chi connectivity index (χ3v) is 2.20. The molecule has 76 valence electrons. The molecule has 2 atom stereocenters. The molecule has 3 N–H and O–H groups in total. The summed E-state index contributed by atoms with van der Waals surface area (Å²) >= 11 is 0. The number of carbonyl (C=O) groups is 1. The summed E-state index contributed by atoms with van der Waals surface area (Å²) in [7, 11) is 0. The Labute approximate surface area is 76.7 Å². The quantitative estimate of drug-likeness (QED) is 0.585. The average Bonchev–Trinajstić information content (AvgIpc) is 2.15. The Hall–Kier alpha value is -0.810. The van der Waals surface area contributed by atoms with Gasteiger partial charge in [-0.25, -0.2) is 4.79 Å². The van der Waals surface area contributed by atoms with E-state index in [1.807, 2.05) is 0 Å². The van der Waals surface area contributed by atoms with Crippen molar-refractivity contribution < 1.29 is 19.7 Å². The lowest BCUT2D eigenvalue weighted by atomic mass is 9.99. The Morgan fingerprint density at radius 3 is 2.77 bits per heavy atom. The fraction of sp³-hybridized carbons (Fsp3) is 0.875. The van der Waals surface area contributed by atoms with Gasteiger partial charge in [-0.3, -0.25) is 0 Å². The van der Waals surface area contributed by atoms with Gasteiger partial charge in [0.2, 0.25) is 0 Å². The van der Waals surface area contributed by atoms with E-state index in [0.717, 1.165) is 12.8 Å². The number of ether oxygens (including phenoxy) is 1. The van der Waals surface area contributed by atoms with E-state index in [0.29, 0.717) is 13.2 Å². The number of aliphatic hydroxyl groups excluding tert-OH is 1. The van der Waals surface area contributed by atoms with Crippen molar-refractivity contribution in [2.75, 3.05) is 19.8 Å². The standard InChI is InChI=1S/C8H15NO4/c10-4-6-1-2-7(13-5-6)3-9-8(11)12/h6-7,9-10H,1-5H2,(H,11,12)/t6-,7?/m0/s1. The highest BCUT2D eigenvalue weighted by molar-refractivity contribution is 5.64. The molecule has 5 heteroatoms. The Balaban J connectivity index is 2.14. The van der Waals surface area contributed by atoms with Gasteiger partial charge in [0.15, 0.2) is 0 Å². The van der Waals surface area contributed by atoms with Gasteiger partial charge in [-0.05, 0) is 12.8 Å². The molecule has 1 amide bonds. The lowest BCUT2D eigenvalue weighted by molar-refractivity contribution is -0.0280. The van der Waals surface area contributed by atoms with E-state index in [9.17, 15) is 4.79 Å². The van der Waals surface area contributed by atoms with E-state index in [-0.39, 0.29) is 18.6 Å². The molecule has 1 heterocycles. The molecule has 0 aromatic rings. The zero-order valence-corrected chi connectivity index (χ0v) is 7.40. The third kappa shape index (κ3) is 3.61. The fourth-order valence-electron chi connectivity index (χ4n) is 1.37. The van der Waals surface area contributed by atoms with Gasteiger partial charge in [0.25, 0.3) is 0 Å². The van der Waals surface area contributed by atoms with Crippen LogP contribution in [0.1, 0.15) is 12.8 Å². The van der Waals surface area contributed by atoms with E-state index in [1.54, 1.807) is 0 Å². The number of aliphatic hydroxyl groups is 1. The Morgan fingerprint density at radius 1 is 1.54 bits per heavy atom. The second-order valence-electron chi connectivity index (χ2n) is 3.27. The summed E-state index contributed by atoms with van der Waals surface area (Å²) in [5.74, 6) is 0.223. The van der Waals surface area contributed by atoms with Crippen molar-refractivity contribution >= 4 is 6.09 Å². The molecule has 1 unspecified atom stereocenters. The largest absolute Gasteiger partial charge is 0.465 e. The van der Waals surface area contributed by atoms with Crippen molar-refractivity contribution in [2.24, 2.45) is 5.92 Å². The van der Waals surface area contributed by atoms with Crippen molar-refractivity contribution in [3.05, 3.63) is 0 Å². The van der Waals surface area contributed by atoms with Crippen LogP contribution in [0.15, 0.2) is 0 Å². The van der Waals surface area contributed by atoms with Gasteiger partial charge in [-0.15, -0.1) is 0 Å². The van der Waals surface area contributed by atoms with Crippen molar-refractivity contribution in [2.45, 2.75) is 18.9 Å². The maximum Gasteiger partial charge on any atom is 0.404 e. The molecule has 1 saturated heterocycles. The first-order valence-electron chi connectivity index (χ1n) is 4.41. The number of hydrogen-bond acceptors (Lipinski definition) is 3. The minimum atomic E-state index is -1.02. The zero-order chi connectivity index (χ0) is 9.68. The van der Waals surface area contributed by atoms with Gasteiger partial charge < -0.3 is 20.3 Å². The molecule has 13 heavy (non-hydrogen) atoms. The van der Waals surface area contributed by atoms with Crippen LogP contribution in [-0.2, 0) is 4.74 Å². The van der Waals surface area contributed by atoms with Crippen LogP contribution in [0.2, 0.25) is 0 Å². The van der Waals surface area contributed by atoms with Crippen LogP contribution in [-0.4, -0.2) is 42.2 Å². The molecule has 0 saturated carbocycles. The summed E-state index contributed by atoms with van der Waals surface area (Å²) in [5.41, 5.74) is 0. The van der Waals surface area contributed by atoms with Crippen LogP contribution in [0.25, 0.3) is 0 Å². The van der Waals surface area contributed by atoms with E-state index in [4.69, 9.17) is 14.9 Å². The van der Waals surface area contributed by atoms with Gasteiger partial charge in [-0.2, -0.15) is 0 Å². The van der Waals surface area contributed by atoms with Crippen LogP contribution < -0.4 is 5.32 Å². The van der Waals surface area contributed by atoms with Crippen molar-refractivity contribution in [1.29, 1.82) is 0 Å². The predicted molar refractivity (Wildman–Crippen MR) is 45.6 cm³/mol. The van der Waals surface area contributed by atoms with Gasteiger partial charge in [0.1, 0.15) is 0 Å². The first-order chi connectivity index (χ1) is 6.22. The van der Waals surface area contributed by atoms with Crippen LogP contribution >= 0.6 is 0 Å². The molecule has 0 aromatic carbocycles. The molecule has 1 rings (SSSR count). The monoisotopic (exact) mass is 189 g/mol. The molecular weight excluding hydrogens is 174 g/mol. The second-order valence-corrected chi connectivity index (χ2v) is 3.27. The van der Waals surface area contributed by atoms with Crippen LogP contribution in [0, 0.1) is 5.92 Å². The van der Waals surface area contributed by atoms with Crippen molar-refractivity contribution in [1.82, 2.24) is 5.32 Å². The summed E-state index contributed by atoms with van der Waals surface area (Å²) in [4.78, 5) is 10.2. The van der Waals surface area contributed by atoms with Crippen LogP contribution in [0.5, 0.6) is 0 Å². The van der Waals surface area contributed by atoms with Gasteiger partial charge in [0, 0.05) is 19.1 Å². The summed E-state index contributed by atoms with van der Waals surface area (Å²) < 4.78 is 5.35. The Bertz CT molecular complexity index is 166. The smallest absolute Gasteiger partial charge is 0.404 e. The molecule has 1 fully saturated rings. The van der Waals surface area contributed by atoms with Crippen LogP contribution in [0.3, 0.4) is 0 Å². The Morgan fingerprint density at radius 2 is 2.31 bits per heavy atom. The summed E-state index contributed by atoms with van der Waals surface area (Å²) in [6, 6.07) is 0. The van der Waals surface area contributed by atoms with E-state index < -0.39 is 6.09 Å². The molecule has 1 aliphatic rings. The average molecular weight is 189 g/mol. The van der Waals surface area contributed by atoms with Crippen LogP contribution in [0.4, 0.5) is 4.79 Å². The normalized spacial score (nSPS) is 28.4. The zero-order valence-electron chi connectivity index (χ0n) is 7.40. The maximum atomic E-state index is 10.2. The lowest BCUT2D eigenvalue weighted by Gasteiger charge is -2.27. The molecule has 0 spiro atoms. The van der Waals surface area contributed by atoms with Gasteiger partial charge in [-0.1, -0.05) is 0 Å². The lowest BCUT2D eigenvalue weighted by Crippen LogP contribution is -2.37. The molecule has 0 aliphatic carbocycles. The minimum Gasteiger partial charge on any atom is -0.465 e. The highest BCUT2D eigenvalue weighted by atomic mass is 16.5. The second kappa shape index (κ2) is 5.04. The number of hydrogen-bond donors (Lipinski definition) is 3. The maximum absolute atomic E-state index is 10.2. The molecule has 1 aliphatic heterocycles. The summed E-state index contributed by atoms with van der Waals surface area (Å²) in [6.45, 7) is 1.02. The Kier molecular flexibility index (Phi) is 3.98. The fourth-order valence-corrected chi connectivity index (χ4v) is 1.37. The number of nitrogens with one attached hydrogen (secondary N) is 1. The summed E-state index contributed by atoms with van der Waals surface area (Å²) in [6.07, 6.45) is 0.667. The summed E-state index contributed by atoms with van der Waals surface area (Å²) in [5, 5.41) is 19.4. The van der Waals surface area contributed by atoms with E-state index >= 15 is 0 Å². The third-order valence-electron chi connectivity index (χ3n) is 2.20. The highest BCUT2D eigenvalue weighted by Gasteiger charge is 2.21. The number of amides is 1.